The molecule has 0 spiro atoms. The van der Waals surface area contributed by atoms with Gasteiger partial charge < -0.3 is 5.32 Å². The van der Waals surface area contributed by atoms with Crippen molar-refractivity contribution in [3.8, 4) is 0 Å². The largest absolute Gasteiger partial charge is 0.369 e. The fraction of sp³-hybridized carbons (Fsp3) is 0.643. The van der Waals surface area contributed by atoms with Crippen LogP contribution in [0.2, 0.25) is 0 Å². The molecule has 0 fully saturated rings. The zero-order chi connectivity index (χ0) is 16.0. The molecule has 21 heavy (non-hydrogen) atoms. The van der Waals surface area contributed by atoms with E-state index in [1.54, 1.807) is 12.3 Å². The summed E-state index contributed by atoms with van der Waals surface area (Å²) in [6.45, 7) is 8.71. The number of nitrogens with one attached hydrogen (secondary N) is 2. The predicted molar refractivity (Wildman–Crippen MR) is 90.0 cm³/mol. The average molecular weight is 378 g/mol. The predicted octanol–water partition coefficient (Wildman–Crippen LogP) is 3.38. The van der Waals surface area contributed by atoms with Gasteiger partial charge in [-0.25, -0.2) is 18.1 Å². The second-order valence-electron chi connectivity index (χ2n) is 5.58. The van der Waals surface area contributed by atoms with E-state index in [0.29, 0.717) is 22.8 Å². The molecule has 0 bridgehead atoms. The fourth-order valence-corrected chi connectivity index (χ4v) is 3.98. The lowest BCUT2D eigenvalue weighted by Gasteiger charge is -2.18. The Morgan fingerprint density at radius 3 is 2.57 bits per heavy atom. The minimum absolute atomic E-state index is 0.118. The van der Waals surface area contributed by atoms with Gasteiger partial charge in [-0.15, -0.1) is 0 Å². The minimum atomic E-state index is -3.59. The summed E-state index contributed by atoms with van der Waals surface area (Å²) in [5, 5.41) is 3.06. The quantitative estimate of drug-likeness (QED) is 0.728. The molecule has 0 saturated heterocycles. The number of pyridine rings is 1. The zero-order valence-electron chi connectivity index (χ0n) is 13.0. The summed E-state index contributed by atoms with van der Waals surface area (Å²) in [6.07, 6.45) is 3.28. The zero-order valence-corrected chi connectivity index (χ0v) is 15.4. The summed E-state index contributed by atoms with van der Waals surface area (Å²) in [4.78, 5) is 4.35. The Kier molecular flexibility index (Phi) is 7.09. The van der Waals surface area contributed by atoms with Crippen molar-refractivity contribution < 1.29 is 8.42 Å². The van der Waals surface area contributed by atoms with E-state index in [-0.39, 0.29) is 10.9 Å². The van der Waals surface area contributed by atoms with Crippen LogP contribution in [-0.2, 0) is 10.0 Å². The first-order valence-electron chi connectivity index (χ1n) is 7.18. The second kappa shape index (κ2) is 8.10. The number of halogens is 1. The standard InChI is InChI=1S/C14H24BrN3O2S/c1-5-6-16-14-13(8-12(15)9-17-14)21(19,20)18-11(4)7-10(2)3/h8-11,18H,5-7H2,1-4H3,(H,16,17). The van der Waals surface area contributed by atoms with E-state index in [9.17, 15) is 8.42 Å². The number of sulfonamides is 1. The van der Waals surface area contributed by atoms with Crippen LogP contribution in [0.3, 0.4) is 0 Å². The molecule has 2 N–H and O–H groups in total. The van der Waals surface area contributed by atoms with E-state index in [0.717, 1.165) is 12.8 Å². The maximum absolute atomic E-state index is 12.5. The molecular formula is C14H24BrN3O2S. The Hall–Kier alpha value is -0.660. The Bertz CT molecular complexity index is 561. The topological polar surface area (TPSA) is 71.1 Å². The molecule has 1 atom stereocenters. The summed E-state index contributed by atoms with van der Waals surface area (Å²) >= 11 is 3.28. The molecule has 1 aromatic rings. The first kappa shape index (κ1) is 18.4. The monoisotopic (exact) mass is 377 g/mol. The van der Waals surface area contributed by atoms with E-state index in [4.69, 9.17) is 0 Å². The third kappa shape index (κ3) is 5.92. The van der Waals surface area contributed by atoms with Gasteiger partial charge in [-0.1, -0.05) is 20.8 Å². The van der Waals surface area contributed by atoms with Gasteiger partial charge in [0.25, 0.3) is 0 Å². The molecule has 0 aliphatic heterocycles. The normalized spacial score (nSPS) is 13.4. The molecule has 1 unspecified atom stereocenters. The van der Waals surface area contributed by atoms with E-state index < -0.39 is 10.0 Å². The highest BCUT2D eigenvalue weighted by Crippen LogP contribution is 2.23. The van der Waals surface area contributed by atoms with Crippen LogP contribution in [0, 0.1) is 5.92 Å². The van der Waals surface area contributed by atoms with Crippen molar-refractivity contribution in [2.24, 2.45) is 5.92 Å². The number of hydrogen-bond acceptors (Lipinski definition) is 4. The van der Waals surface area contributed by atoms with Gasteiger partial charge in [0.15, 0.2) is 0 Å². The number of aromatic nitrogens is 1. The van der Waals surface area contributed by atoms with Crippen LogP contribution >= 0.6 is 15.9 Å². The number of hydrogen-bond donors (Lipinski definition) is 2. The van der Waals surface area contributed by atoms with E-state index in [1.807, 2.05) is 13.8 Å². The Morgan fingerprint density at radius 2 is 2.00 bits per heavy atom. The number of rotatable bonds is 8. The van der Waals surface area contributed by atoms with Crippen LogP contribution in [0.15, 0.2) is 21.6 Å². The molecule has 0 aromatic carbocycles. The molecule has 120 valence electrons. The smallest absolute Gasteiger partial charge is 0.244 e. The highest BCUT2D eigenvalue weighted by Gasteiger charge is 2.22. The molecule has 0 radical (unpaired) electrons. The SMILES string of the molecule is CCCNc1ncc(Br)cc1S(=O)(=O)NC(C)CC(C)C. The summed E-state index contributed by atoms with van der Waals surface area (Å²) in [7, 11) is -3.59. The molecular weight excluding hydrogens is 354 g/mol. The summed E-state index contributed by atoms with van der Waals surface area (Å²) in [5.74, 6) is 0.824. The van der Waals surface area contributed by atoms with Crippen molar-refractivity contribution in [3.05, 3.63) is 16.7 Å². The molecule has 1 rings (SSSR count). The van der Waals surface area contributed by atoms with Gasteiger partial charge in [0.05, 0.1) is 0 Å². The Labute approximate surface area is 136 Å². The Morgan fingerprint density at radius 1 is 1.33 bits per heavy atom. The minimum Gasteiger partial charge on any atom is -0.369 e. The van der Waals surface area contributed by atoms with Crippen molar-refractivity contribution in [2.45, 2.75) is 51.5 Å². The summed E-state index contributed by atoms with van der Waals surface area (Å²) in [5.41, 5.74) is 0. The highest BCUT2D eigenvalue weighted by molar-refractivity contribution is 9.10. The van der Waals surface area contributed by atoms with Crippen molar-refractivity contribution >= 4 is 31.8 Å². The molecule has 0 aliphatic rings. The van der Waals surface area contributed by atoms with Crippen molar-refractivity contribution in [3.63, 3.8) is 0 Å². The summed E-state index contributed by atoms with van der Waals surface area (Å²) in [6, 6.07) is 1.46. The molecule has 0 aliphatic carbocycles. The average Bonchev–Trinajstić information content (AvgIpc) is 2.35. The fourth-order valence-electron chi connectivity index (χ4n) is 2.09. The van der Waals surface area contributed by atoms with Crippen LogP contribution in [0.25, 0.3) is 0 Å². The first-order chi connectivity index (χ1) is 9.76. The van der Waals surface area contributed by atoms with Crippen molar-refractivity contribution in [1.29, 1.82) is 0 Å². The lowest BCUT2D eigenvalue weighted by Crippen LogP contribution is -2.34. The van der Waals surface area contributed by atoms with E-state index >= 15 is 0 Å². The van der Waals surface area contributed by atoms with Crippen LogP contribution < -0.4 is 10.0 Å². The molecule has 7 heteroatoms. The van der Waals surface area contributed by atoms with Crippen LogP contribution in [0.5, 0.6) is 0 Å². The lowest BCUT2D eigenvalue weighted by molar-refractivity contribution is 0.482. The van der Waals surface area contributed by atoms with Gasteiger partial charge in [-0.3, -0.25) is 0 Å². The summed E-state index contributed by atoms with van der Waals surface area (Å²) < 4.78 is 28.5. The van der Waals surface area contributed by atoms with E-state index in [1.165, 1.54) is 0 Å². The molecule has 1 heterocycles. The van der Waals surface area contributed by atoms with Crippen LogP contribution in [-0.4, -0.2) is 26.0 Å². The van der Waals surface area contributed by atoms with Gasteiger partial charge in [-0.05, 0) is 47.7 Å². The molecule has 0 saturated carbocycles. The Balaban J connectivity index is 3.03. The van der Waals surface area contributed by atoms with Gasteiger partial charge >= 0.3 is 0 Å². The highest BCUT2D eigenvalue weighted by atomic mass is 79.9. The third-order valence-corrected chi connectivity index (χ3v) is 4.87. The van der Waals surface area contributed by atoms with Crippen LogP contribution in [0.4, 0.5) is 5.82 Å². The number of nitrogens with zero attached hydrogens (tertiary/aromatic N) is 1. The van der Waals surface area contributed by atoms with Gasteiger partial charge in [0.2, 0.25) is 10.0 Å². The maximum atomic E-state index is 12.5. The van der Waals surface area contributed by atoms with E-state index in [2.05, 4.69) is 44.8 Å². The van der Waals surface area contributed by atoms with Crippen molar-refractivity contribution in [2.75, 3.05) is 11.9 Å². The molecule has 5 nitrogen and oxygen atoms in total. The third-order valence-electron chi connectivity index (χ3n) is 2.83. The van der Waals surface area contributed by atoms with Gasteiger partial charge in [0, 0.05) is 23.3 Å². The van der Waals surface area contributed by atoms with Gasteiger partial charge in [-0.2, -0.15) is 0 Å². The maximum Gasteiger partial charge on any atom is 0.244 e. The molecule has 1 aromatic heterocycles. The second-order valence-corrected chi connectivity index (χ2v) is 8.18. The lowest BCUT2D eigenvalue weighted by atomic mass is 10.1. The number of anilines is 1. The molecule has 0 amide bonds. The van der Waals surface area contributed by atoms with Crippen LogP contribution in [0.1, 0.15) is 40.5 Å². The first-order valence-corrected chi connectivity index (χ1v) is 9.45. The van der Waals surface area contributed by atoms with Gasteiger partial charge in [0.1, 0.15) is 10.7 Å². The van der Waals surface area contributed by atoms with Crippen molar-refractivity contribution in [1.82, 2.24) is 9.71 Å².